The molecule has 0 aromatic carbocycles. The molecular weight excluding hydrogens is 612 g/mol. The molecule has 39 heavy (non-hydrogen) atoms. The third-order valence-corrected chi connectivity index (χ3v) is 20.7. The summed E-state index contributed by atoms with van der Waals surface area (Å²) in [7, 11) is 0. The van der Waals surface area contributed by atoms with Crippen LogP contribution in [-0.4, -0.2) is 19.5 Å². The van der Waals surface area contributed by atoms with E-state index in [1.54, 1.807) is 0 Å². The molecule has 0 nitrogen and oxygen atoms in total. The maximum atomic E-state index is 5.96. The zero-order valence-electron chi connectivity index (χ0n) is 25.5. The first-order valence-electron chi connectivity index (χ1n) is 16.8. The van der Waals surface area contributed by atoms with Gasteiger partial charge in [-0.1, -0.05) is 143 Å². The van der Waals surface area contributed by atoms with E-state index in [4.69, 9.17) is 11.6 Å². The second-order valence-electron chi connectivity index (χ2n) is 12.0. The van der Waals surface area contributed by atoms with Gasteiger partial charge in [-0.25, -0.2) is 0 Å². The van der Waals surface area contributed by atoms with Crippen LogP contribution < -0.4 is 0 Å². The smallest absolute Gasteiger partial charge is 0.113 e. The molecule has 0 spiro atoms. The van der Waals surface area contributed by atoms with Crippen molar-refractivity contribution in [2.75, 3.05) is 5.88 Å². The van der Waals surface area contributed by atoms with Gasteiger partial charge < -0.3 is 0 Å². The van der Waals surface area contributed by atoms with E-state index in [1.165, 1.54) is 154 Å². The molecule has 0 aliphatic carbocycles. The summed E-state index contributed by atoms with van der Waals surface area (Å²) >= 11 is 20.6. The summed E-state index contributed by atoms with van der Waals surface area (Å²) in [5.74, 6) is 0.833. The minimum absolute atomic E-state index is 0.379. The maximum Gasteiger partial charge on any atom is 0.113 e. The first kappa shape index (κ1) is 35.9. The standard InChI is InChI=1S/C32H59ClS6/c1-4-7-10-14-19-24-29-34-30(25-20-15-11-8-5-2)36-31(35-29,26-21-16-12-9-6-3)39-32(37-29,38-30)27-22-17-13-18-23-28-33/h4-28H2,1-3H3. The fraction of sp³-hybridized carbons (Fsp3) is 1.00. The Kier molecular flexibility index (Phi) is 17.5. The summed E-state index contributed by atoms with van der Waals surface area (Å²) in [5, 5.41) is 0. The first-order chi connectivity index (χ1) is 19.0. The molecule has 0 aromatic heterocycles. The monoisotopic (exact) mass is 670 g/mol. The quantitative estimate of drug-likeness (QED) is 0.0695. The Balaban J connectivity index is 1.75. The Labute approximate surface area is 274 Å². The van der Waals surface area contributed by atoms with Crippen LogP contribution in [0.1, 0.15) is 175 Å². The van der Waals surface area contributed by atoms with Gasteiger partial charge >= 0.3 is 0 Å². The molecule has 4 rings (SSSR count). The molecule has 0 aromatic rings. The van der Waals surface area contributed by atoms with Crippen molar-refractivity contribution in [3.8, 4) is 0 Å². The fourth-order valence-electron chi connectivity index (χ4n) is 6.09. The first-order valence-corrected chi connectivity index (χ1v) is 22.2. The van der Waals surface area contributed by atoms with Gasteiger partial charge in [0.25, 0.3) is 0 Å². The van der Waals surface area contributed by atoms with Gasteiger partial charge in [0.05, 0.1) is 0 Å². The van der Waals surface area contributed by atoms with Crippen molar-refractivity contribution >= 4 is 82.2 Å². The van der Waals surface area contributed by atoms with Crippen LogP contribution >= 0.6 is 82.2 Å². The summed E-state index contributed by atoms with van der Waals surface area (Å²) in [6.45, 7) is 7.04. The topological polar surface area (TPSA) is 0 Å². The average molecular weight is 672 g/mol. The third-order valence-electron chi connectivity index (χ3n) is 8.24. The van der Waals surface area contributed by atoms with Crippen molar-refractivity contribution in [2.45, 2.75) is 189 Å². The third kappa shape index (κ3) is 11.7. The van der Waals surface area contributed by atoms with Crippen molar-refractivity contribution < 1.29 is 0 Å². The van der Waals surface area contributed by atoms with E-state index < -0.39 is 0 Å². The highest BCUT2D eigenvalue weighted by atomic mass is 35.5. The minimum atomic E-state index is 0.379. The number of hydrogen-bond donors (Lipinski definition) is 0. The van der Waals surface area contributed by atoms with E-state index in [0.717, 1.165) is 5.88 Å². The molecule has 0 radical (unpaired) electrons. The maximum absolute atomic E-state index is 5.96. The van der Waals surface area contributed by atoms with Crippen LogP contribution in [0.5, 0.6) is 0 Å². The molecule has 4 aliphatic rings. The summed E-state index contributed by atoms with van der Waals surface area (Å²) in [6.07, 6.45) is 33.6. The van der Waals surface area contributed by atoms with Crippen LogP contribution in [0.25, 0.3) is 0 Å². The number of halogens is 1. The second kappa shape index (κ2) is 19.0. The molecule has 230 valence electrons. The molecule has 0 amide bonds. The van der Waals surface area contributed by atoms with Crippen LogP contribution in [0.4, 0.5) is 0 Å². The summed E-state index contributed by atoms with van der Waals surface area (Å²) in [5.41, 5.74) is 0. The van der Waals surface area contributed by atoms with Crippen LogP contribution in [-0.2, 0) is 0 Å². The van der Waals surface area contributed by atoms with Crippen molar-refractivity contribution in [2.24, 2.45) is 0 Å². The molecule has 4 aliphatic heterocycles. The Bertz CT molecular complexity index is 578. The number of hydrogen-bond acceptors (Lipinski definition) is 6. The van der Waals surface area contributed by atoms with Crippen LogP contribution in [0.15, 0.2) is 0 Å². The lowest BCUT2D eigenvalue weighted by atomic mass is 10.1. The van der Waals surface area contributed by atoms with Gasteiger partial charge in [-0.05, 0) is 32.1 Å². The van der Waals surface area contributed by atoms with Crippen LogP contribution in [0.2, 0.25) is 0 Å². The van der Waals surface area contributed by atoms with Crippen molar-refractivity contribution in [3.63, 3.8) is 0 Å². The molecular formula is C32H59ClS6. The van der Waals surface area contributed by atoms with E-state index in [-0.39, 0.29) is 0 Å². The Morgan fingerprint density at radius 1 is 0.333 bits per heavy atom. The fourth-order valence-corrected chi connectivity index (χ4v) is 28.1. The lowest BCUT2D eigenvalue weighted by Gasteiger charge is -2.67. The summed E-state index contributed by atoms with van der Waals surface area (Å²) in [6, 6.07) is 0. The number of rotatable bonds is 25. The van der Waals surface area contributed by atoms with Gasteiger partial charge in [0.2, 0.25) is 0 Å². The van der Waals surface area contributed by atoms with Gasteiger partial charge in [0, 0.05) is 5.88 Å². The predicted octanol–water partition coefficient (Wildman–Crippen LogP) is 14.7. The molecule has 4 saturated heterocycles. The van der Waals surface area contributed by atoms with Gasteiger partial charge in [-0.3, -0.25) is 0 Å². The zero-order chi connectivity index (χ0) is 27.9. The SMILES string of the molecule is CCCCCCCC12SC3(CCCCCCC)SC(CCCCCCC)(S1)SC(CCCCCCCCl)(S2)S3. The average Bonchev–Trinajstić information content (AvgIpc) is 2.89. The van der Waals surface area contributed by atoms with Gasteiger partial charge in [-0.2, -0.15) is 0 Å². The van der Waals surface area contributed by atoms with Gasteiger partial charge in [0.15, 0.2) is 0 Å². The molecule has 4 heterocycles. The van der Waals surface area contributed by atoms with E-state index in [2.05, 4.69) is 91.3 Å². The highest BCUT2D eigenvalue weighted by Gasteiger charge is 2.71. The minimum Gasteiger partial charge on any atom is -0.127 e. The Morgan fingerprint density at radius 2 is 0.564 bits per heavy atom. The summed E-state index contributed by atoms with van der Waals surface area (Å²) in [4.78, 5) is 0. The molecule has 4 fully saturated rings. The van der Waals surface area contributed by atoms with E-state index in [0.29, 0.717) is 13.6 Å². The number of alkyl halides is 1. The zero-order valence-corrected chi connectivity index (χ0v) is 31.2. The highest BCUT2D eigenvalue weighted by Crippen LogP contribution is 2.91. The molecule has 7 heteroatoms. The lowest BCUT2D eigenvalue weighted by Crippen LogP contribution is -2.53. The normalized spacial score (nSPS) is 31.4. The molecule has 4 bridgehead atoms. The van der Waals surface area contributed by atoms with Crippen LogP contribution in [0, 0.1) is 0 Å². The van der Waals surface area contributed by atoms with Crippen molar-refractivity contribution in [1.29, 1.82) is 0 Å². The molecule has 0 atom stereocenters. The Hall–Kier alpha value is 2.39. The van der Waals surface area contributed by atoms with E-state index in [1.807, 2.05) is 0 Å². The van der Waals surface area contributed by atoms with Gasteiger partial charge in [0.1, 0.15) is 13.6 Å². The van der Waals surface area contributed by atoms with Crippen molar-refractivity contribution in [1.82, 2.24) is 0 Å². The number of thioether (sulfide) groups is 6. The number of unbranched alkanes of at least 4 members (excludes halogenated alkanes) is 16. The largest absolute Gasteiger partial charge is 0.127 e. The van der Waals surface area contributed by atoms with E-state index >= 15 is 0 Å². The molecule has 0 saturated carbocycles. The second-order valence-corrected chi connectivity index (χ2v) is 25.1. The summed E-state index contributed by atoms with van der Waals surface area (Å²) < 4.78 is 1.54. The Morgan fingerprint density at radius 3 is 0.821 bits per heavy atom. The predicted molar refractivity (Wildman–Crippen MR) is 195 cm³/mol. The molecule has 0 N–H and O–H groups in total. The molecule has 0 unspecified atom stereocenters. The van der Waals surface area contributed by atoms with Crippen LogP contribution in [0.3, 0.4) is 0 Å². The van der Waals surface area contributed by atoms with E-state index in [9.17, 15) is 0 Å². The van der Waals surface area contributed by atoms with Gasteiger partial charge in [-0.15, -0.1) is 82.2 Å². The lowest BCUT2D eigenvalue weighted by molar-refractivity contribution is 0.594. The van der Waals surface area contributed by atoms with Crippen molar-refractivity contribution in [3.05, 3.63) is 0 Å². The highest BCUT2D eigenvalue weighted by molar-refractivity contribution is 8.64.